The van der Waals surface area contributed by atoms with Crippen LogP contribution in [-0.4, -0.2) is 54.1 Å². The highest BCUT2D eigenvalue weighted by molar-refractivity contribution is 5.82. The highest BCUT2D eigenvalue weighted by atomic mass is 16.4. The molecule has 104 valence electrons. The van der Waals surface area contributed by atoms with Crippen LogP contribution in [0.2, 0.25) is 0 Å². The Kier molecular flexibility index (Phi) is 6.07. The Hall–Kier alpha value is -1.14. The van der Waals surface area contributed by atoms with Crippen molar-refractivity contribution >= 4 is 11.9 Å². The summed E-state index contributed by atoms with van der Waals surface area (Å²) in [6.07, 6.45) is 3.59. The third kappa shape index (κ3) is 5.01. The smallest absolute Gasteiger partial charge is 0.303 e. The first-order valence-corrected chi connectivity index (χ1v) is 6.46. The third-order valence-electron chi connectivity index (χ3n) is 3.44. The van der Waals surface area contributed by atoms with E-state index in [2.05, 4.69) is 17.3 Å². The van der Waals surface area contributed by atoms with Crippen LogP contribution in [0.1, 0.15) is 32.1 Å². The van der Waals surface area contributed by atoms with Crippen molar-refractivity contribution in [3.05, 3.63) is 0 Å². The minimum absolute atomic E-state index is 0.0715. The van der Waals surface area contributed by atoms with Crippen LogP contribution in [0.5, 0.6) is 0 Å². The summed E-state index contributed by atoms with van der Waals surface area (Å²) in [5.74, 6) is -1.18. The fraction of sp³-hybridized carbons (Fsp3) is 0.833. The number of carbonyl (C=O) groups is 2. The molecule has 1 aliphatic rings. The van der Waals surface area contributed by atoms with Crippen LogP contribution in [0.25, 0.3) is 0 Å². The van der Waals surface area contributed by atoms with Crippen molar-refractivity contribution in [3.63, 3.8) is 0 Å². The Morgan fingerprint density at radius 2 is 2.22 bits per heavy atom. The highest BCUT2D eigenvalue weighted by Gasteiger charge is 2.21. The summed E-state index contributed by atoms with van der Waals surface area (Å²) in [6.45, 7) is 1.65. The van der Waals surface area contributed by atoms with Crippen molar-refractivity contribution in [1.29, 1.82) is 0 Å². The highest BCUT2D eigenvalue weighted by Crippen LogP contribution is 2.13. The molecule has 0 aliphatic carbocycles. The third-order valence-corrected chi connectivity index (χ3v) is 3.44. The van der Waals surface area contributed by atoms with Crippen molar-refractivity contribution in [2.45, 2.75) is 44.2 Å². The molecule has 0 spiro atoms. The average Bonchev–Trinajstić information content (AvgIpc) is 2.34. The summed E-state index contributed by atoms with van der Waals surface area (Å²) in [4.78, 5) is 24.3. The van der Waals surface area contributed by atoms with Crippen molar-refractivity contribution in [1.82, 2.24) is 10.2 Å². The summed E-state index contributed by atoms with van der Waals surface area (Å²) >= 11 is 0. The number of nitrogens with one attached hydrogen (secondary N) is 1. The van der Waals surface area contributed by atoms with Gasteiger partial charge in [0.1, 0.15) is 0 Å². The molecular formula is C12H23N3O3. The number of likely N-dealkylation sites (N-methyl/N-ethyl adjacent to an activating group) is 1. The molecule has 0 aromatic rings. The first-order valence-electron chi connectivity index (χ1n) is 6.46. The SMILES string of the molecule is CN1CCCCC1CNC(=O)C(N)CCC(=O)O. The maximum absolute atomic E-state index is 11.7. The van der Waals surface area contributed by atoms with Gasteiger partial charge in [-0.05, 0) is 32.9 Å². The summed E-state index contributed by atoms with van der Waals surface area (Å²) in [6, 6.07) is -0.357. The fourth-order valence-corrected chi connectivity index (χ4v) is 2.16. The molecule has 1 rings (SSSR count). The molecule has 2 unspecified atom stereocenters. The van der Waals surface area contributed by atoms with Gasteiger partial charge in [0, 0.05) is 19.0 Å². The van der Waals surface area contributed by atoms with Gasteiger partial charge < -0.3 is 21.1 Å². The number of piperidine rings is 1. The van der Waals surface area contributed by atoms with E-state index in [1.54, 1.807) is 0 Å². The Labute approximate surface area is 108 Å². The lowest BCUT2D eigenvalue weighted by Crippen LogP contribution is -2.48. The minimum atomic E-state index is -0.926. The van der Waals surface area contributed by atoms with Crippen LogP contribution in [0, 0.1) is 0 Å². The van der Waals surface area contributed by atoms with Crippen molar-refractivity contribution in [2.24, 2.45) is 5.73 Å². The number of amides is 1. The number of carboxylic acid groups (broad SMARTS) is 1. The monoisotopic (exact) mass is 257 g/mol. The van der Waals surface area contributed by atoms with Gasteiger partial charge in [-0.2, -0.15) is 0 Å². The second-order valence-corrected chi connectivity index (χ2v) is 4.91. The molecule has 18 heavy (non-hydrogen) atoms. The molecule has 1 fully saturated rings. The number of rotatable bonds is 6. The van der Waals surface area contributed by atoms with Gasteiger partial charge in [-0.15, -0.1) is 0 Å². The average molecular weight is 257 g/mol. The second kappa shape index (κ2) is 7.33. The molecular weight excluding hydrogens is 234 g/mol. The van der Waals surface area contributed by atoms with Crippen LogP contribution in [-0.2, 0) is 9.59 Å². The molecule has 0 aromatic heterocycles. The maximum atomic E-state index is 11.7. The van der Waals surface area contributed by atoms with Gasteiger partial charge in [0.05, 0.1) is 6.04 Å². The number of likely N-dealkylation sites (tertiary alicyclic amines) is 1. The Morgan fingerprint density at radius 3 is 2.83 bits per heavy atom. The van der Waals surface area contributed by atoms with E-state index >= 15 is 0 Å². The predicted octanol–water partition coefficient (Wildman–Crippen LogP) is -0.221. The Balaban J connectivity index is 2.24. The maximum Gasteiger partial charge on any atom is 0.303 e. The zero-order valence-electron chi connectivity index (χ0n) is 10.9. The lowest BCUT2D eigenvalue weighted by atomic mass is 10.0. The van der Waals surface area contributed by atoms with Gasteiger partial charge in [0.25, 0.3) is 0 Å². The van der Waals surface area contributed by atoms with Gasteiger partial charge in [0.15, 0.2) is 0 Å². The lowest BCUT2D eigenvalue weighted by Gasteiger charge is -2.32. The summed E-state index contributed by atoms with van der Waals surface area (Å²) in [5, 5.41) is 11.3. The molecule has 1 amide bonds. The van der Waals surface area contributed by atoms with Crippen molar-refractivity contribution in [3.8, 4) is 0 Å². The first kappa shape index (κ1) is 14.9. The zero-order chi connectivity index (χ0) is 13.5. The van der Waals surface area contributed by atoms with E-state index in [1.165, 1.54) is 12.8 Å². The minimum Gasteiger partial charge on any atom is -0.481 e. The Morgan fingerprint density at radius 1 is 1.50 bits per heavy atom. The number of nitrogens with zero attached hydrogens (tertiary/aromatic N) is 1. The lowest BCUT2D eigenvalue weighted by molar-refractivity contribution is -0.137. The van der Waals surface area contributed by atoms with Gasteiger partial charge in [-0.3, -0.25) is 9.59 Å². The summed E-state index contributed by atoms with van der Waals surface area (Å²) < 4.78 is 0. The van der Waals surface area contributed by atoms with E-state index < -0.39 is 12.0 Å². The van der Waals surface area contributed by atoms with Crippen LogP contribution in [0.15, 0.2) is 0 Å². The quantitative estimate of drug-likeness (QED) is 0.611. The molecule has 1 saturated heterocycles. The first-order chi connectivity index (χ1) is 8.50. The molecule has 0 aromatic carbocycles. The summed E-state index contributed by atoms with van der Waals surface area (Å²) in [5.41, 5.74) is 5.63. The Bertz CT molecular complexity index is 296. The van der Waals surface area contributed by atoms with E-state index in [0.29, 0.717) is 12.6 Å². The van der Waals surface area contributed by atoms with Gasteiger partial charge in [-0.1, -0.05) is 6.42 Å². The number of carbonyl (C=O) groups excluding carboxylic acids is 1. The van der Waals surface area contributed by atoms with Crippen LogP contribution in [0.3, 0.4) is 0 Å². The number of nitrogens with two attached hydrogens (primary N) is 1. The van der Waals surface area contributed by atoms with E-state index in [9.17, 15) is 9.59 Å². The number of carboxylic acids is 1. The van der Waals surface area contributed by atoms with E-state index in [4.69, 9.17) is 10.8 Å². The van der Waals surface area contributed by atoms with E-state index in [-0.39, 0.29) is 18.7 Å². The van der Waals surface area contributed by atoms with E-state index in [0.717, 1.165) is 13.0 Å². The molecule has 1 heterocycles. The molecule has 1 aliphatic heterocycles. The molecule has 0 bridgehead atoms. The second-order valence-electron chi connectivity index (χ2n) is 4.91. The molecule has 6 nitrogen and oxygen atoms in total. The predicted molar refractivity (Wildman–Crippen MR) is 68.1 cm³/mol. The fourth-order valence-electron chi connectivity index (χ4n) is 2.16. The molecule has 6 heteroatoms. The molecule has 4 N–H and O–H groups in total. The largest absolute Gasteiger partial charge is 0.481 e. The summed E-state index contributed by atoms with van der Waals surface area (Å²) in [7, 11) is 2.06. The molecule has 0 saturated carbocycles. The number of hydrogen-bond acceptors (Lipinski definition) is 4. The normalized spacial score (nSPS) is 22.4. The molecule has 0 radical (unpaired) electrons. The number of hydrogen-bond donors (Lipinski definition) is 3. The standard InChI is InChI=1S/C12H23N3O3/c1-15-7-3-2-4-9(15)8-14-12(18)10(13)5-6-11(16)17/h9-10H,2-8,13H2,1H3,(H,14,18)(H,16,17). The van der Waals surface area contributed by atoms with Crippen LogP contribution < -0.4 is 11.1 Å². The van der Waals surface area contributed by atoms with Gasteiger partial charge in [0.2, 0.25) is 5.91 Å². The zero-order valence-corrected chi connectivity index (χ0v) is 10.9. The molecule has 2 atom stereocenters. The van der Waals surface area contributed by atoms with Crippen molar-refractivity contribution < 1.29 is 14.7 Å². The van der Waals surface area contributed by atoms with Crippen LogP contribution >= 0.6 is 0 Å². The number of aliphatic carboxylic acids is 1. The van der Waals surface area contributed by atoms with Gasteiger partial charge >= 0.3 is 5.97 Å². The van der Waals surface area contributed by atoms with Crippen molar-refractivity contribution in [2.75, 3.05) is 20.1 Å². The van der Waals surface area contributed by atoms with Crippen LogP contribution in [0.4, 0.5) is 0 Å². The van der Waals surface area contributed by atoms with E-state index in [1.807, 2.05) is 0 Å². The van der Waals surface area contributed by atoms with Gasteiger partial charge in [-0.25, -0.2) is 0 Å². The topological polar surface area (TPSA) is 95.7 Å².